The summed E-state index contributed by atoms with van der Waals surface area (Å²) in [6.45, 7) is 1.85. The maximum absolute atomic E-state index is 12.2. The number of likely N-dealkylation sites (N-methyl/N-ethyl adjacent to an activating group) is 1. The number of piperidine rings is 1. The first kappa shape index (κ1) is 12.5. The number of aromatic nitrogens is 1. The molecule has 1 aliphatic heterocycles. The Balaban J connectivity index is 2.07. The molecule has 18 heavy (non-hydrogen) atoms. The number of nitriles is 1. The summed E-state index contributed by atoms with van der Waals surface area (Å²) in [6, 6.07) is 5.44. The van der Waals surface area contributed by atoms with Gasteiger partial charge in [0.05, 0.1) is 5.56 Å². The van der Waals surface area contributed by atoms with Gasteiger partial charge in [-0.3, -0.25) is 4.79 Å². The van der Waals surface area contributed by atoms with Gasteiger partial charge in [0.2, 0.25) is 0 Å². The number of carbonyl (C=O) groups excluding carboxylic acids is 1. The maximum Gasteiger partial charge on any atom is 0.272 e. The first-order valence-electron chi connectivity index (χ1n) is 6.06. The second-order valence-corrected chi connectivity index (χ2v) is 4.46. The van der Waals surface area contributed by atoms with Gasteiger partial charge in [0.1, 0.15) is 11.8 Å². The number of carbonyl (C=O) groups is 1. The van der Waals surface area contributed by atoms with Gasteiger partial charge in [0.25, 0.3) is 5.91 Å². The van der Waals surface area contributed by atoms with Gasteiger partial charge in [-0.05, 0) is 31.5 Å². The molecule has 0 bridgehead atoms. The number of pyridine rings is 1. The molecule has 1 fully saturated rings. The Morgan fingerprint density at radius 2 is 2.44 bits per heavy atom. The van der Waals surface area contributed by atoms with Crippen molar-refractivity contribution in [2.24, 2.45) is 0 Å². The molecule has 1 saturated heterocycles. The highest BCUT2D eigenvalue weighted by Gasteiger charge is 2.23. The van der Waals surface area contributed by atoms with E-state index >= 15 is 0 Å². The third kappa shape index (κ3) is 2.66. The van der Waals surface area contributed by atoms with Crippen LogP contribution in [0.3, 0.4) is 0 Å². The van der Waals surface area contributed by atoms with Crippen LogP contribution in [0.25, 0.3) is 0 Å². The molecule has 5 heteroatoms. The first-order valence-corrected chi connectivity index (χ1v) is 6.06. The van der Waals surface area contributed by atoms with E-state index in [9.17, 15) is 4.79 Å². The molecule has 2 rings (SSSR count). The third-order valence-electron chi connectivity index (χ3n) is 3.25. The Morgan fingerprint density at radius 3 is 3.00 bits per heavy atom. The minimum Gasteiger partial charge on any atom is -0.336 e. The number of hydrogen-bond acceptors (Lipinski definition) is 4. The summed E-state index contributed by atoms with van der Waals surface area (Å²) in [6.07, 6.45) is 3.54. The standard InChI is InChI=1S/C13H16N4O/c1-17(11-3-2-6-15-9-11)13(18)12-5-4-10(7-14)8-16-12/h4-5,8,11,15H,2-3,6,9H2,1H3. The van der Waals surface area contributed by atoms with Gasteiger partial charge in [0.15, 0.2) is 0 Å². The zero-order valence-corrected chi connectivity index (χ0v) is 10.4. The van der Waals surface area contributed by atoms with E-state index in [4.69, 9.17) is 5.26 Å². The van der Waals surface area contributed by atoms with E-state index in [1.54, 1.807) is 24.1 Å². The molecule has 1 N–H and O–H groups in total. The van der Waals surface area contributed by atoms with Crippen LogP contribution in [0.5, 0.6) is 0 Å². The van der Waals surface area contributed by atoms with Crippen LogP contribution < -0.4 is 5.32 Å². The lowest BCUT2D eigenvalue weighted by molar-refractivity contribution is 0.0702. The van der Waals surface area contributed by atoms with Crippen molar-refractivity contribution in [3.8, 4) is 6.07 Å². The van der Waals surface area contributed by atoms with Crippen molar-refractivity contribution < 1.29 is 4.79 Å². The summed E-state index contributed by atoms with van der Waals surface area (Å²) < 4.78 is 0. The molecule has 0 aliphatic carbocycles. The van der Waals surface area contributed by atoms with Crippen molar-refractivity contribution in [3.05, 3.63) is 29.6 Å². The zero-order valence-electron chi connectivity index (χ0n) is 10.4. The van der Waals surface area contributed by atoms with Crippen molar-refractivity contribution in [1.29, 1.82) is 5.26 Å². The second kappa shape index (κ2) is 5.61. The Hall–Kier alpha value is -1.93. The van der Waals surface area contributed by atoms with Crippen LogP contribution in [0, 0.1) is 11.3 Å². The summed E-state index contributed by atoms with van der Waals surface area (Å²) in [7, 11) is 1.81. The molecular weight excluding hydrogens is 228 g/mol. The number of hydrogen-bond donors (Lipinski definition) is 1. The molecule has 1 aromatic rings. The Labute approximate surface area is 106 Å². The molecule has 0 radical (unpaired) electrons. The predicted octanol–water partition coefficient (Wildman–Crippen LogP) is 0.777. The quantitative estimate of drug-likeness (QED) is 0.834. The third-order valence-corrected chi connectivity index (χ3v) is 3.25. The van der Waals surface area contributed by atoms with Gasteiger partial charge in [-0.1, -0.05) is 0 Å². The minimum atomic E-state index is -0.0896. The molecule has 1 atom stereocenters. The Kier molecular flexibility index (Phi) is 3.90. The van der Waals surface area contributed by atoms with Gasteiger partial charge in [0, 0.05) is 25.8 Å². The van der Waals surface area contributed by atoms with E-state index in [1.807, 2.05) is 6.07 Å². The molecule has 5 nitrogen and oxygen atoms in total. The molecule has 1 aliphatic rings. The summed E-state index contributed by atoms with van der Waals surface area (Å²) in [4.78, 5) is 18.0. The molecule has 2 heterocycles. The van der Waals surface area contributed by atoms with Gasteiger partial charge < -0.3 is 10.2 Å². The predicted molar refractivity (Wildman–Crippen MR) is 66.9 cm³/mol. The molecule has 1 aromatic heterocycles. The van der Waals surface area contributed by atoms with Gasteiger partial charge in [-0.15, -0.1) is 0 Å². The normalized spacial score (nSPS) is 19.0. The van der Waals surface area contributed by atoms with Crippen LogP contribution in [0.15, 0.2) is 18.3 Å². The fourth-order valence-corrected chi connectivity index (χ4v) is 2.10. The van der Waals surface area contributed by atoms with Crippen molar-refractivity contribution >= 4 is 5.91 Å². The molecule has 1 unspecified atom stereocenters. The lowest BCUT2D eigenvalue weighted by Gasteiger charge is -2.31. The lowest BCUT2D eigenvalue weighted by atomic mass is 10.1. The molecule has 94 valence electrons. The summed E-state index contributed by atoms with van der Waals surface area (Å²) in [5, 5.41) is 12.0. The van der Waals surface area contributed by atoms with Crippen LogP contribution in [0.1, 0.15) is 28.9 Å². The SMILES string of the molecule is CN(C(=O)c1ccc(C#N)cn1)C1CCCNC1. The fraction of sp³-hybridized carbons (Fsp3) is 0.462. The smallest absolute Gasteiger partial charge is 0.272 e. The highest BCUT2D eigenvalue weighted by atomic mass is 16.2. The van der Waals surface area contributed by atoms with Crippen molar-refractivity contribution in [2.75, 3.05) is 20.1 Å². The molecule has 0 saturated carbocycles. The van der Waals surface area contributed by atoms with E-state index in [1.165, 1.54) is 6.20 Å². The van der Waals surface area contributed by atoms with E-state index in [0.29, 0.717) is 11.3 Å². The van der Waals surface area contributed by atoms with Crippen LogP contribution >= 0.6 is 0 Å². The van der Waals surface area contributed by atoms with Gasteiger partial charge >= 0.3 is 0 Å². The summed E-state index contributed by atoms with van der Waals surface area (Å²) in [5.41, 5.74) is 0.857. The number of nitrogens with one attached hydrogen (secondary N) is 1. The number of nitrogens with zero attached hydrogens (tertiary/aromatic N) is 3. The topological polar surface area (TPSA) is 69.0 Å². The van der Waals surface area contributed by atoms with E-state index in [2.05, 4.69) is 10.3 Å². The summed E-state index contributed by atoms with van der Waals surface area (Å²) >= 11 is 0. The van der Waals surface area contributed by atoms with Gasteiger partial charge in [-0.25, -0.2) is 4.98 Å². The van der Waals surface area contributed by atoms with Crippen LogP contribution in [0.2, 0.25) is 0 Å². The van der Waals surface area contributed by atoms with Crippen LogP contribution in [0.4, 0.5) is 0 Å². The second-order valence-electron chi connectivity index (χ2n) is 4.46. The van der Waals surface area contributed by atoms with Crippen molar-refractivity contribution in [1.82, 2.24) is 15.2 Å². The van der Waals surface area contributed by atoms with E-state index < -0.39 is 0 Å². The molecule has 1 amide bonds. The molecule has 0 spiro atoms. The average Bonchev–Trinajstić information content (AvgIpc) is 2.47. The number of rotatable bonds is 2. The summed E-state index contributed by atoms with van der Waals surface area (Å²) in [5.74, 6) is -0.0896. The minimum absolute atomic E-state index is 0.0896. The first-order chi connectivity index (χ1) is 8.72. The maximum atomic E-state index is 12.2. The molecule has 0 aromatic carbocycles. The van der Waals surface area contributed by atoms with Gasteiger partial charge in [-0.2, -0.15) is 5.26 Å². The lowest BCUT2D eigenvalue weighted by Crippen LogP contribution is -2.46. The van der Waals surface area contributed by atoms with Crippen molar-refractivity contribution in [2.45, 2.75) is 18.9 Å². The van der Waals surface area contributed by atoms with Crippen LogP contribution in [-0.2, 0) is 0 Å². The van der Waals surface area contributed by atoms with E-state index in [0.717, 1.165) is 25.9 Å². The monoisotopic (exact) mass is 244 g/mol. The molecular formula is C13H16N4O. The Morgan fingerprint density at radius 1 is 1.61 bits per heavy atom. The van der Waals surface area contributed by atoms with Crippen molar-refractivity contribution in [3.63, 3.8) is 0 Å². The fourth-order valence-electron chi connectivity index (χ4n) is 2.10. The zero-order chi connectivity index (χ0) is 13.0. The van der Waals surface area contributed by atoms with Crippen LogP contribution in [-0.4, -0.2) is 42.0 Å². The largest absolute Gasteiger partial charge is 0.336 e. The van der Waals surface area contributed by atoms with E-state index in [-0.39, 0.29) is 11.9 Å². The number of amides is 1. The average molecular weight is 244 g/mol. The Bertz CT molecular complexity index is 457. The highest BCUT2D eigenvalue weighted by Crippen LogP contribution is 2.11. The highest BCUT2D eigenvalue weighted by molar-refractivity contribution is 5.92.